The van der Waals surface area contributed by atoms with E-state index in [0.717, 1.165) is 17.7 Å². The molecule has 1 aromatic carbocycles. The van der Waals surface area contributed by atoms with Crippen molar-refractivity contribution in [2.75, 3.05) is 11.9 Å². The van der Waals surface area contributed by atoms with Crippen molar-refractivity contribution in [3.63, 3.8) is 0 Å². The van der Waals surface area contributed by atoms with Crippen molar-refractivity contribution in [2.24, 2.45) is 0 Å². The normalized spacial score (nSPS) is 11.8. The molecule has 0 bridgehead atoms. The van der Waals surface area contributed by atoms with E-state index < -0.39 is 0 Å². The lowest BCUT2D eigenvalue weighted by Crippen LogP contribution is -2.27. The number of carbonyl (C=O) groups is 1. The van der Waals surface area contributed by atoms with E-state index in [1.165, 1.54) is 12.1 Å². The lowest BCUT2D eigenvalue weighted by molar-refractivity contribution is 0.0949. The Morgan fingerprint density at radius 3 is 2.62 bits per heavy atom. The summed E-state index contributed by atoms with van der Waals surface area (Å²) in [5.41, 5.74) is 2.04. The number of aryl methyl sites for hydroxylation is 1. The first-order valence-corrected chi connectivity index (χ1v) is 8.12. The summed E-state index contributed by atoms with van der Waals surface area (Å²) in [7, 11) is 0. The molecule has 0 fully saturated rings. The van der Waals surface area contributed by atoms with Crippen LogP contribution in [0.15, 0.2) is 30.3 Å². The summed E-state index contributed by atoms with van der Waals surface area (Å²) in [4.78, 5) is 20.8. The summed E-state index contributed by atoms with van der Waals surface area (Å²) < 4.78 is 12.9. The van der Waals surface area contributed by atoms with Crippen LogP contribution >= 0.6 is 0 Å². The predicted molar refractivity (Wildman–Crippen MR) is 92.6 cm³/mol. The van der Waals surface area contributed by atoms with Crippen molar-refractivity contribution in [3.8, 4) is 0 Å². The van der Waals surface area contributed by atoms with Crippen LogP contribution in [0.1, 0.15) is 42.0 Å². The Kier molecular flexibility index (Phi) is 6.23. The van der Waals surface area contributed by atoms with Gasteiger partial charge in [-0.15, -0.1) is 0 Å². The standard InChI is InChI=1S/C18H23FN4O/c1-4-12(2)21-18-22-13(3)11-16(23-18)17(24)20-10-9-14-5-7-15(19)8-6-14/h5-8,11-12H,4,9-10H2,1-3H3,(H,20,24)(H,21,22,23). The van der Waals surface area contributed by atoms with E-state index in [4.69, 9.17) is 0 Å². The van der Waals surface area contributed by atoms with E-state index in [-0.39, 0.29) is 17.8 Å². The highest BCUT2D eigenvalue weighted by Crippen LogP contribution is 2.08. The molecular weight excluding hydrogens is 307 g/mol. The Morgan fingerprint density at radius 2 is 1.96 bits per heavy atom. The van der Waals surface area contributed by atoms with Gasteiger partial charge in [0.2, 0.25) is 5.95 Å². The Labute approximate surface area is 141 Å². The van der Waals surface area contributed by atoms with Gasteiger partial charge in [-0.25, -0.2) is 14.4 Å². The first-order valence-electron chi connectivity index (χ1n) is 8.12. The molecule has 24 heavy (non-hydrogen) atoms. The minimum atomic E-state index is -0.263. The third-order valence-corrected chi connectivity index (χ3v) is 3.69. The third-order valence-electron chi connectivity index (χ3n) is 3.69. The van der Waals surface area contributed by atoms with Gasteiger partial charge in [-0.05, 0) is 50.5 Å². The molecule has 1 aromatic heterocycles. The molecule has 1 amide bonds. The van der Waals surface area contributed by atoms with Crippen molar-refractivity contribution in [3.05, 3.63) is 53.1 Å². The van der Waals surface area contributed by atoms with Crippen LogP contribution in [0.3, 0.4) is 0 Å². The zero-order valence-electron chi connectivity index (χ0n) is 14.3. The second-order valence-corrected chi connectivity index (χ2v) is 5.80. The molecule has 0 saturated heterocycles. The second kappa shape index (κ2) is 8.38. The highest BCUT2D eigenvalue weighted by Gasteiger charge is 2.11. The van der Waals surface area contributed by atoms with Crippen LogP contribution in [0.2, 0.25) is 0 Å². The molecule has 0 spiro atoms. The van der Waals surface area contributed by atoms with Crippen molar-refractivity contribution >= 4 is 11.9 Å². The smallest absolute Gasteiger partial charge is 0.270 e. The topological polar surface area (TPSA) is 66.9 Å². The monoisotopic (exact) mass is 330 g/mol. The van der Waals surface area contributed by atoms with Gasteiger partial charge < -0.3 is 10.6 Å². The number of halogens is 1. The average molecular weight is 330 g/mol. The van der Waals surface area contributed by atoms with Gasteiger partial charge in [0.1, 0.15) is 11.5 Å². The maximum absolute atomic E-state index is 12.9. The molecule has 0 saturated carbocycles. The number of nitrogens with one attached hydrogen (secondary N) is 2. The lowest BCUT2D eigenvalue weighted by Gasteiger charge is -2.13. The van der Waals surface area contributed by atoms with E-state index in [1.54, 1.807) is 18.2 Å². The maximum atomic E-state index is 12.9. The van der Waals surface area contributed by atoms with Crippen LogP contribution in [0.4, 0.5) is 10.3 Å². The van der Waals surface area contributed by atoms with Crippen molar-refractivity contribution in [1.82, 2.24) is 15.3 Å². The number of hydrogen-bond acceptors (Lipinski definition) is 4. The van der Waals surface area contributed by atoms with Gasteiger partial charge in [-0.2, -0.15) is 0 Å². The number of anilines is 1. The molecule has 2 rings (SSSR count). The number of aromatic nitrogens is 2. The van der Waals surface area contributed by atoms with Crippen LogP contribution < -0.4 is 10.6 Å². The van der Waals surface area contributed by atoms with Crippen LogP contribution in [-0.2, 0) is 6.42 Å². The number of hydrogen-bond donors (Lipinski definition) is 2. The molecule has 1 heterocycles. The number of rotatable bonds is 7. The van der Waals surface area contributed by atoms with E-state index in [1.807, 2.05) is 13.8 Å². The fourth-order valence-electron chi connectivity index (χ4n) is 2.13. The van der Waals surface area contributed by atoms with Gasteiger partial charge in [0.25, 0.3) is 5.91 Å². The van der Waals surface area contributed by atoms with Crippen LogP contribution in [0.25, 0.3) is 0 Å². The van der Waals surface area contributed by atoms with Gasteiger partial charge in [0.05, 0.1) is 0 Å². The number of carbonyl (C=O) groups excluding carboxylic acids is 1. The molecule has 0 aliphatic rings. The van der Waals surface area contributed by atoms with Crippen LogP contribution in [0, 0.1) is 12.7 Å². The molecule has 1 unspecified atom stereocenters. The minimum absolute atomic E-state index is 0.237. The molecule has 128 valence electrons. The SMILES string of the molecule is CCC(C)Nc1nc(C)cc(C(=O)NCCc2ccc(F)cc2)n1. The number of benzene rings is 1. The Balaban J connectivity index is 1.95. The van der Waals surface area contributed by atoms with Gasteiger partial charge in [0.15, 0.2) is 0 Å². The first kappa shape index (κ1) is 17.8. The zero-order valence-corrected chi connectivity index (χ0v) is 14.3. The molecule has 0 aliphatic carbocycles. The molecule has 0 radical (unpaired) electrons. The van der Waals surface area contributed by atoms with Crippen LogP contribution in [-0.4, -0.2) is 28.5 Å². The Morgan fingerprint density at radius 1 is 1.25 bits per heavy atom. The van der Waals surface area contributed by atoms with E-state index in [9.17, 15) is 9.18 Å². The summed E-state index contributed by atoms with van der Waals surface area (Å²) in [5.74, 6) is -0.0385. The predicted octanol–water partition coefficient (Wildman–Crippen LogP) is 3.11. The highest BCUT2D eigenvalue weighted by atomic mass is 19.1. The van der Waals surface area contributed by atoms with Crippen molar-refractivity contribution in [1.29, 1.82) is 0 Å². The summed E-state index contributed by atoms with van der Waals surface area (Å²) in [6, 6.07) is 8.15. The largest absolute Gasteiger partial charge is 0.352 e. The van der Waals surface area contributed by atoms with Gasteiger partial charge >= 0.3 is 0 Å². The molecule has 5 nitrogen and oxygen atoms in total. The van der Waals surface area contributed by atoms with Crippen molar-refractivity contribution in [2.45, 2.75) is 39.7 Å². The number of amides is 1. The molecular formula is C18H23FN4O. The van der Waals surface area contributed by atoms with Gasteiger partial charge in [0, 0.05) is 18.3 Å². The summed E-state index contributed by atoms with van der Waals surface area (Å²) in [6.07, 6.45) is 1.57. The quantitative estimate of drug-likeness (QED) is 0.818. The summed E-state index contributed by atoms with van der Waals surface area (Å²) in [6.45, 7) is 6.39. The van der Waals surface area contributed by atoms with E-state index in [2.05, 4.69) is 27.5 Å². The fraction of sp³-hybridized carbons (Fsp3) is 0.389. The van der Waals surface area contributed by atoms with E-state index in [0.29, 0.717) is 24.6 Å². The average Bonchev–Trinajstić information content (AvgIpc) is 2.56. The summed E-state index contributed by atoms with van der Waals surface area (Å²) in [5, 5.41) is 6.01. The van der Waals surface area contributed by atoms with Gasteiger partial charge in [-0.1, -0.05) is 19.1 Å². The molecule has 0 aliphatic heterocycles. The Hall–Kier alpha value is -2.50. The second-order valence-electron chi connectivity index (χ2n) is 5.80. The lowest BCUT2D eigenvalue weighted by atomic mass is 10.1. The molecule has 1 atom stereocenters. The zero-order chi connectivity index (χ0) is 17.5. The molecule has 2 N–H and O–H groups in total. The van der Waals surface area contributed by atoms with E-state index >= 15 is 0 Å². The van der Waals surface area contributed by atoms with Gasteiger partial charge in [-0.3, -0.25) is 4.79 Å². The van der Waals surface area contributed by atoms with Crippen molar-refractivity contribution < 1.29 is 9.18 Å². The minimum Gasteiger partial charge on any atom is -0.352 e. The third kappa shape index (κ3) is 5.30. The molecule has 2 aromatic rings. The van der Waals surface area contributed by atoms with Crippen LogP contribution in [0.5, 0.6) is 0 Å². The highest BCUT2D eigenvalue weighted by molar-refractivity contribution is 5.92. The first-order chi connectivity index (χ1) is 11.5. The Bertz CT molecular complexity index is 688. The number of nitrogens with zero attached hydrogens (tertiary/aromatic N) is 2. The fourth-order valence-corrected chi connectivity index (χ4v) is 2.13. The molecule has 6 heteroatoms. The summed E-state index contributed by atoms with van der Waals surface area (Å²) >= 11 is 0. The maximum Gasteiger partial charge on any atom is 0.270 e.